The maximum Gasteiger partial charge on any atom is 0.225 e. The van der Waals surface area contributed by atoms with E-state index in [2.05, 4.69) is 0 Å². The summed E-state index contributed by atoms with van der Waals surface area (Å²) in [5.41, 5.74) is 6.29. The molecule has 1 aliphatic heterocycles. The molecule has 1 aromatic carbocycles. The van der Waals surface area contributed by atoms with Gasteiger partial charge in [0, 0.05) is 18.8 Å². The van der Waals surface area contributed by atoms with Crippen molar-refractivity contribution in [1.29, 1.82) is 0 Å². The Balaban J connectivity index is 1.69. The maximum absolute atomic E-state index is 12.1. The van der Waals surface area contributed by atoms with Gasteiger partial charge in [0.15, 0.2) is 0 Å². The molecular weight excluding hydrogens is 268 g/mol. The average molecular weight is 292 g/mol. The number of amides is 1. The summed E-state index contributed by atoms with van der Waals surface area (Å²) in [5.74, 6) is 1.17. The lowest BCUT2D eigenvalue weighted by Gasteiger charge is -2.33. The summed E-state index contributed by atoms with van der Waals surface area (Å²) in [6.45, 7) is 3.66. The normalized spacial score (nSPS) is 17.5. The Morgan fingerprint density at radius 2 is 2.00 bits per heavy atom. The summed E-state index contributed by atoms with van der Waals surface area (Å²) in [4.78, 5) is 13.9. The van der Waals surface area contributed by atoms with E-state index in [9.17, 15) is 9.90 Å². The van der Waals surface area contributed by atoms with Crippen molar-refractivity contribution in [1.82, 2.24) is 4.90 Å². The van der Waals surface area contributed by atoms with Gasteiger partial charge in [-0.3, -0.25) is 4.79 Å². The smallest absolute Gasteiger partial charge is 0.225 e. The van der Waals surface area contributed by atoms with Crippen LogP contribution in [0.15, 0.2) is 24.3 Å². The van der Waals surface area contributed by atoms with Crippen LogP contribution in [0.4, 0.5) is 5.69 Å². The van der Waals surface area contributed by atoms with Gasteiger partial charge in [0.25, 0.3) is 0 Å². The molecule has 1 heterocycles. The number of likely N-dealkylation sites (tertiary alicyclic amines) is 1. The van der Waals surface area contributed by atoms with Crippen LogP contribution in [-0.2, 0) is 4.79 Å². The van der Waals surface area contributed by atoms with Crippen molar-refractivity contribution in [2.24, 2.45) is 5.92 Å². The zero-order valence-electron chi connectivity index (χ0n) is 12.5. The number of anilines is 1. The monoisotopic (exact) mass is 292 g/mol. The fraction of sp³-hybridized carbons (Fsp3) is 0.562. The highest BCUT2D eigenvalue weighted by Crippen LogP contribution is 2.21. The quantitative estimate of drug-likeness (QED) is 0.809. The van der Waals surface area contributed by atoms with Crippen molar-refractivity contribution >= 4 is 11.6 Å². The summed E-state index contributed by atoms with van der Waals surface area (Å²) >= 11 is 0. The van der Waals surface area contributed by atoms with Gasteiger partial charge in [-0.25, -0.2) is 0 Å². The van der Waals surface area contributed by atoms with Crippen molar-refractivity contribution in [3.05, 3.63) is 24.3 Å². The minimum Gasteiger partial charge on any atom is -0.493 e. The van der Waals surface area contributed by atoms with Crippen LogP contribution in [0.5, 0.6) is 5.75 Å². The summed E-state index contributed by atoms with van der Waals surface area (Å²) in [5, 5.41) is 9.56. The van der Waals surface area contributed by atoms with Crippen LogP contribution in [0.3, 0.4) is 0 Å². The van der Waals surface area contributed by atoms with Crippen molar-refractivity contribution in [2.45, 2.75) is 32.3 Å². The third kappa shape index (κ3) is 4.63. The molecule has 0 bridgehead atoms. The standard InChI is InChI=1S/C16H24N2O3/c1-12(19)13-6-9-18(10-7-13)16(20)8-11-21-15-4-2-14(17)3-5-15/h2-5,12-13,19H,6-11,17H2,1H3. The van der Waals surface area contributed by atoms with Gasteiger partial charge in [-0.1, -0.05) is 0 Å². The Labute approximate surface area is 125 Å². The largest absolute Gasteiger partial charge is 0.493 e. The molecule has 5 nitrogen and oxygen atoms in total. The van der Waals surface area contributed by atoms with Crippen molar-refractivity contribution in [3.8, 4) is 5.75 Å². The van der Waals surface area contributed by atoms with Crippen LogP contribution in [0, 0.1) is 5.92 Å². The first kappa shape index (κ1) is 15.6. The lowest BCUT2D eigenvalue weighted by Crippen LogP contribution is -2.41. The van der Waals surface area contributed by atoms with Gasteiger partial charge in [0.05, 0.1) is 19.1 Å². The van der Waals surface area contributed by atoms with Gasteiger partial charge in [-0.15, -0.1) is 0 Å². The van der Waals surface area contributed by atoms with E-state index in [0.29, 0.717) is 24.6 Å². The molecule has 3 N–H and O–H groups in total. The molecule has 1 unspecified atom stereocenters. The molecule has 0 radical (unpaired) electrons. The topological polar surface area (TPSA) is 75.8 Å². The number of ether oxygens (including phenoxy) is 1. The van der Waals surface area contributed by atoms with Crippen molar-refractivity contribution < 1.29 is 14.6 Å². The predicted octanol–water partition coefficient (Wildman–Crippen LogP) is 1.66. The van der Waals surface area contributed by atoms with Gasteiger partial charge in [-0.05, 0) is 49.9 Å². The minimum absolute atomic E-state index is 0.120. The molecule has 1 atom stereocenters. The molecule has 21 heavy (non-hydrogen) atoms. The summed E-state index contributed by atoms with van der Waals surface area (Å²) in [6.07, 6.45) is 1.85. The van der Waals surface area contributed by atoms with Gasteiger partial charge < -0.3 is 20.5 Å². The number of rotatable bonds is 5. The Bertz CT molecular complexity index is 451. The Hall–Kier alpha value is -1.75. The van der Waals surface area contributed by atoms with Crippen molar-refractivity contribution in [2.75, 3.05) is 25.4 Å². The lowest BCUT2D eigenvalue weighted by molar-refractivity contribution is -0.133. The van der Waals surface area contributed by atoms with Crippen LogP contribution in [0.1, 0.15) is 26.2 Å². The second-order valence-corrected chi connectivity index (χ2v) is 5.63. The van der Waals surface area contributed by atoms with E-state index < -0.39 is 0 Å². The van der Waals surface area contributed by atoms with Crippen LogP contribution in [0.2, 0.25) is 0 Å². The van der Waals surface area contributed by atoms with Crippen LogP contribution < -0.4 is 10.5 Å². The first-order valence-electron chi connectivity index (χ1n) is 7.50. The Kier molecular flexibility index (Phi) is 5.44. The number of carbonyl (C=O) groups is 1. The zero-order chi connectivity index (χ0) is 15.2. The van der Waals surface area contributed by atoms with E-state index >= 15 is 0 Å². The molecule has 5 heteroatoms. The third-order valence-corrected chi connectivity index (χ3v) is 4.04. The highest BCUT2D eigenvalue weighted by molar-refractivity contribution is 5.76. The van der Waals surface area contributed by atoms with Gasteiger partial charge in [0.1, 0.15) is 5.75 Å². The number of aliphatic hydroxyl groups is 1. The van der Waals surface area contributed by atoms with Crippen LogP contribution >= 0.6 is 0 Å². The maximum atomic E-state index is 12.1. The number of nitrogen functional groups attached to an aromatic ring is 1. The van der Waals surface area contributed by atoms with E-state index in [1.165, 1.54) is 0 Å². The molecule has 1 amide bonds. The fourth-order valence-electron chi connectivity index (χ4n) is 2.61. The average Bonchev–Trinajstić information content (AvgIpc) is 2.49. The van der Waals surface area contributed by atoms with Gasteiger partial charge in [0.2, 0.25) is 5.91 Å². The van der Waals surface area contributed by atoms with Crippen molar-refractivity contribution in [3.63, 3.8) is 0 Å². The number of hydrogen-bond donors (Lipinski definition) is 2. The molecule has 1 fully saturated rings. The highest BCUT2D eigenvalue weighted by atomic mass is 16.5. The number of hydrogen-bond acceptors (Lipinski definition) is 4. The Morgan fingerprint density at radius 1 is 1.38 bits per heavy atom. The second-order valence-electron chi connectivity index (χ2n) is 5.63. The lowest BCUT2D eigenvalue weighted by atomic mass is 9.92. The molecule has 1 aromatic rings. The Morgan fingerprint density at radius 3 is 2.57 bits per heavy atom. The number of nitrogens with two attached hydrogens (primary N) is 1. The fourth-order valence-corrected chi connectivity index (χ4v) is 2.61. The SMILES string of the molecule is CC(O)C1CCN(C(=O)CCOc2ccc(N)cc2)CC1. The van der Waals surface area contributed by atoms with E-state index in [4.69, 9.17) is 10.5 Å². The molecule has 2 rings (SSSR count). The molecule has 116 valence electrons. The number of aliphatic hydroxyl groups excluding tert-OH is 1. The van der Waals surface area contributed by atoms with Gasteiger partial charge >= 0.3 is 0 Å². The molecule has 1 aliphatic rings. The van der Waals surface area contributed by atoms with E-state index in [1.807, 2.05) is 11.8 Å². The number of carbonyl (C=O) groups excluding carboxylic acids is 1. The summed E-state index contributed by atoms with van der Waals surface area (Å²) in [7, 11) is 0. The minimum atomic E-state index is -0.281. The highest BCUT2D eigenvalue weighted by Gasteiger charge is 2.25. The second kappa shape index (κ2) is 7.31. The van der Waals surface area contributed by atoms with E-state index in [-0.39, 0.29) is 12.0 Å². The van der Waals surface area contributed by atoms with E-state index in [0.717, 1.165) is 31.7 Å². The number of nitrogens with zero attached hydrogens (tertiary/aromatic N) is 1. The molecule has 0 aromatic heterocycles. The third-order valence-electron chi connectivity index (χ3n) is 4.04. The summed E-state index contributed by atoms with van der Waals surface area (Å²) < 4.78 is 5.54. The molecule has 0 aliphatic carbocycles. The molecular formula is C16H24N2O3. The van der Waals surface area contributed by atoms with Crippen LogP contribution in [-0.4, -0.2) is 41.7 Å². The molecule has 0 spiro atoms. The first-order chi connectivity index (χ1) is 10.1. The van der Waals surface area contributed by atoms with Gasteiger partial charge in [-0.2, -0.15) is 0 Å². The summed E-state index contributed by atoms with van der Waals surface area (Å²) in [6, 6.07) is 7.15. The van der Waals surface area contributed by atoms with Crippen LogP contribution in [0.25, 0.3) is 0 Å². The number of benzene rings is 1. The zero-order valence-corrected chi connectivity index (χ0v) is 12.5. The number of piperidine rings is 1. The van der Waals surface area contributed by atoms with E-state index in [1.54, 1.807) is 24.3 Å². The molecule has 0 saturated carbocycles. The first-order valence-corrected chi connectivity index (χ1v) is 7.50. The molecule has 1 saturated heterocycles. The predicted molar refractivity (Wildman–Crippen MR) is 82.0 cm³/mol.